The number of rotatable bonds is 7. The first-order valence-electron chi connectivity index (χ1n) is 8.37. The van der Waals surface area contributed by atoms with Crippen molar-refractivity contribution in [3.05, 3.63) is 60.2 Å². The summed E-state index contributed by atoms with van der Waals surface area (Å²) in [6, 6.07) is 14.9. The van der Waals surface area contributed by atoms with Gasteiger partial charge in [-0.1, -0.05) is 41.7 Å². The number of aromatic nitrogens is 1. The molecule has 7 heteroatoms. The van der Waals surface area contributed by atoms with E-state index in [1.165, 1.54) is 17.4 Å². The second-order valence-corrected chi connectivity index (χ2v) is 6.51. The molecule has 0 unspecified atom stereocenters. The molecule has 1 amide bonds. The van der Waals surface area contributed by atoms with Crippen LogP contribution in [0.5, 0.6) is 5.75 Å². The van der Waals surface area contributed by atoms with Crippen molar-refractivity contribution in [1.82, 2.24) is 4.98 Å². The first-order valence-corrected chi connectivity index (χ1v) is 9.19. The smallest absolute Gasteiger partial charge is 0.331 e. The number of fused-ring (bicyclic) bond motifs is 1. The highest BCUT2D eigenvalue weighted by Gasteiger charge is 2.10. The molecule has 27 heavy (non-hydrogen) atoms. The maximum Gasteiger partial charge on any atom is 0.331 e. The maximum absolute atomic E-state index is 12.0. The summed E-state index contributed by atoms with van der Waals surface area (Å²) in [7, 11) is 0. The first-order chi connectivity index (χ1) is 13.1. The fraction of sp³-hybridized carbons (Fsp3) is 0.150. The molecule has 0 atom stereocenters. The predicted molar refractivity (Wildman–Crippen MR) is 106 cm³/mol. The molecule has 6 nitrogen and oxygen atoms in total. The van der Waals surface area contributed by atoms with Crippen molar-refractivity contribution in [2.75, 3.05) is 18.5 Å². The molecular formula is C20H18N2O4S. The fourth-order valence-electron chi connectivity index (χ4n) is 2.28. The van der Waals surface area contributed by atoms with Crippen LogP contribution in [0.25, 0.3) is 16.3 Å². The van der Waals surface area contributed by atoms with E-state index in [1.807, 2.05) is 55.5 Å². The van der Waals surface area contributed by atoms with Gasteiger partial charge in [0.05, 0.1) is 16.8 Å². The number of carbonyl (C=O) groups excluding carboxylic acids is 2. The van der Waals surface area contributed by atoms with Crippen molar-refractivity contribution in [1.29, 1.82) is 0 Å². The lowest BCUT2D eigenvalue weighted by molar-refractivity contribution is -0.142. The van der Waals surface area contributed by atoms with Gasteiger partial charge in [0, 0.05) is 6.08 Å². The SMILES string of the molecule is CCOc1ccc2nc(NC(=O)COC(=O)/C=C/c3ccccc3)sc2c1. The van der Waals surface area contributed by atoms with E-state index in [0.717, 1.165) is 21.5 Å². The fourth-order valence-corrected chi connectivity index (χ4v) is 3.19. The van der Waals surface area contributed by atoms with Crippen molar-refractivity contribution in [3.8, 4) is 5.75 Å². The molecule has 0 saturated carbocycles. The van der Waals surface area contributed by atoms with Crippen molar-refractivity contribution >= 4 is 44.6 Å². The summed E-state index contributed by atoms with van der Waals surface area (Å²) in [5.74, 6) is -0.272. The van der Waals surface area contributed by atoms with E-state index in [2.05, 4.69) is 10.3 Å². The molecule has 138 valence electrons. The Morgan fingerprint density at radius 3 is 2.78 bits per heavy atom. The third-order valence-electron chi connectivity index (χ3n) is 3.47. The number of esters is 1. The molecule has 1 heterocycles. The van der Waals surface area contributed by atoms with Crippen LogP contribution in [-0.4, -0.2) is 30.1 Å². The Labute approximate surface area is 160 Å². The summed E-state index contributed by atoms with van der Waals surface area (Å²) in [6.45, 7) is 2.12. The Bertz CT molecular complexity index is 967. The van der Waals surface area contributed by atoms with E-state index in [1.54, 1.807) is 6.08 Å². The van der Waals surface area contributed by atoms with Crippen LogP contribution in [0.4, 0.5) is 5.13 Å². The Hall–Kier alpha value is -3.19. The minimum Gasteiger partial charge on any atom is -0.494 e. The lowest BCUT2D eigenvalue weighted by Gasteiger charge is -2.01. The van der Waals surface area contributed by atoms with Gasteiger partial charge in [0.15, 0.2) is 11.7 Å². The summed E-state index contributed by atoms with van der Waals surface area (Å²) in [5.41, 5.74) is 1.64. The van der Waals surface area contributed by atoms with Gasteiger partial charge in [-0.2, -0.15) is 0 Å². The molecule has 0 bridgehead atoms. The van der Waals surface area contributed by atoms with E-state index in [9.17, 15) is 9.59 Å². The van der Waals surface area contributed by atoms with Crippen molar-refractivity contribution in [2.24, 2.45) is 0 Å². The first kappa shape index (κ1) is 18.6. The summed E-state index contributed by atoms with van der Waals surface area (Å²) >= 11 is 1.33. The number of ether oxygens (including phenoxy) is 2. The maximum atomic E-state index is 12.0. The average molecular weight is 382 g/mol. The third-order valence-corrected chi connectivity index (χ3v) is 4.41. The number of anilines is 1. The summed E-state index contributed by atoms with van der Waals surface area (Å²) in [6.07, 6.45) is 2.92. The van der Waals surface area contributed by atoms with Crippen LogP contribution in [0, 0.1) is 0 Å². The van der Waals surface area contributed by atoms with E-state index in [4.69, 9.17) is 9.47 Å². The summed E-state index contributed by atoms with van der Waals surface area (Å²) in [5, 5.41) is 3.08. The van der Waals surface area contributed by atoms with Gasteiger partial charge < -0.3 is 9.47 Å². The van der Waals surface area contributed by atoms with Crippen LogP contribution in [0.15, 0.2) is 54.6 Å². The second kappa shape index (κ2) is 8.95. The van der Waals surface area contributed by atoms with Crippen LogP contribution in [0.1, 0.15) is 12.5 Å². The zero-order chi connectivity index (χ0) is 19.1. The quantitative estimate of drug-likeness (QED) is 0.495. The van der Waals surface area contributed by atoms with E-state index < -0.39 is 11.9 Å². The van der Waals surface area contributed by atoms with E-state index >= 15 is 0 Å². The largest absolute Gasteiger partial charge is 0.494 e. The van der Waals surface area contributed by atoms with Crippen LogP contribution < -0.4 is 10.1 Å². The summed E-state index contributed by atoms with van der Waals surface area (Å²) in [4.78, 5) is 28.0. The highest BCUT2D eigenvalue weighted by Crippen LogP contribution is 2.29. The Kier molecular flexibility index (Phi) is 6.17. The Morgan fingerprint density at radius 1 is 1.19 bits per heavy atom. The number of amides is 1. The topological polar surface area (TPSA) is 77.5 Å². The molecule has 1 N–H and O–H groups in total. The minimum absolute atomic E-state index is 0.377. The molecule has 1 aromatic heterocycles. The lowest BCUT2D eigenvalue weighted by Crippen LogP contribution is -2.19. The second-order valence-electron chi connectivity index (χ2n) is 5.48. The monoisotopic (exact) mass is 382 g/mol. The van der Waals surface area contributed by atoms with Gasteiger partial charge in [-0.15, -0.1) is 0 Å². The molecule has 0 fully saturated rings. The van der Waals surface area contributed by atoms with Crippen molar-refractivity contribution in [2.45, 2.75) is 6.92 Å². The molecular weight excluding hydrogens is 364 g/mol. The molecule has 3 rings (SSSR count). The average Bonchev–Trinajstić information content (AvgIpc) is 3.07. The Morgan fingerprint density at radius 2 is 2.00 bits per heavy atom. The molecule has 0 radical (unpaired) electrons. The number of benzene rings is 2. The van der Waals surface area contributed by atoms with Crippen LogP contribution in [-0.2, 0) is 14.3 Å². The van der Waals surface area contributed by atoms with Crippen LogP contribution in [0.2, 0.25) is 0 Å². The lowest BCUT2D eigenvalue weighted by atomic mass is 10.2. The van der Waals surface area contributed by atoms with Crippen molar-refractivity contribution in [3.63, 3.8) is 0 Å². The third kappa shape index (κ3) is 5.39. The standard InChI is InChI=1S/C20H18N2O4S/c1-2-25-15-9-10-16-17(12-15)27-20(21-16)22-18(23)13-26-19(24)11-8-14-6-4-3-5-7-14/h3-12H,2,13H2,1H3,(H,21,22,23)/b11-8+. The highest BCUT2D eigenvalue weighted by atomic mass is 32.1. The zero-order valence-electron chi connectivity index (χ0n) is 14.7. The normalized spacial score (nSPS) is 10.9. The highest BCUT2D eigenvalue weighted by molar-refractivity contribution is 7.22. The van der Waals surface area contributed by atoms with Gasteiger partial charge >= 0.3 is 5.97 Å². The zero-order valence-corrected chi connectivity index (χ0v) is 15.5. The van der Waals surface area contributed by atoms with Gasteiger partial charge in [-0.3, -0.25) is 10.1 Å². The molecule has 0 aliphatic heterocycles. The molecule has 0 aliphatic carbocycles. The van der Waals surface area contributed by atoms with Gasteiger partial charge in [-0.05, 0) is 36.8 Å². The van der Waals surface area contributed by atoms with E-state index in [0.29, 0.717) is 11.7 Å². The van der Waals surface area contributed by atoms with Gasteiger partial charge in [0.1, 0.15) is 5.75 Å². The van der Waals surface area contributed by atoms with Gasteiger partial charge in [0.25, 0.3) is 5.91 Å². The van der Waals surface area contributed by atoms with Crippen molar-refractivity contribution < 1.29 is 19.1 Å². The number of hydrogen-bond donors (Lipinski definition) is 1. The minimum atomic E-state index is -0.584. The predicted octanol–water partition coefficient (Wildman–Crippen LogP) is 3.89. The number of nitrogens with zero attached hydrogens (tertiary/aromatic N) is 1. The molecule has 2 aromatic carbocycles. The van der Waals surface area contributed by atoms with Gasteiger partial charge in [0.2, 0.25) is 0 Å². The van der Waals surface area contributed by atoms with Gasteiger partial charge in [-0.25, -0.2) is 9.78 Å². The number of hydrogen-bond acceptors (Lipinski definition) is 6. The number of nitrogens with one attached hydrogen (secondary N) is 1. The molecule has 0 saturated heterocycles. The van der Waals surface area contributed by atoms with Crippen LogP contribution >= 0.6 is 11.3 Å². The molecule has 3 aromatic rings. The Balaban J connectivity index is 1.52. The molecule has 0 spiro atoms. The molecule has 0 aliphatic rings. The van der Waals surface area contributed by atoms with Crippen LogP contribution in [0.3, 0.4) is 0 Å². The number of carbonyl (C=O) groups is 2. The van der Waals surface area contributed by atoms with E-state index in [-0.39, 0.29) is 6.61 Å². The summed E-state index contributed by atoms with van der Waals surface area (Å²) < 4.78 is 11.3. The number of thiazole rings is 1.